The Morgan fingerprint density at radius 3 is 2.00 bits per heavy atom. The summed E-state index contributed by atoms with van der Waals surface area (Å²) < 4.78 is 12.5. The lowest BCUT2D eigenvalue weighted by Gasteiger charge is -2.25. The fourth-order valence-corrected chi connectivity index (χ4v) is 3.66. The lowest BCUT2D eigenvalue weighted by Crippen LogP contribution is -2.34. The van der Waals surface area contributed by atoms with Gasteiger partial charge in [0.15, 0.2) is 0 Å². The number of benzene rings is 1. The van der Waals surface area contributed by atoms with Gasteiger partial charge in [0.25, 0.3) is 0 Å². The number of hydrogen-bond acceptors (Lipinski definition) is 2. The molecule has 0 radical (unpaired) electrons. The van der Waals surface area contributed by atoms with Crippen LogP contribution >= 0.6 is 0 Å². The van der Waals surface area contributed by atoms with Crippen LogP contribution in [0.3, 0.4) is 0 Å². The summed E-state index contributed by atoms with van der Waals surface area (Å²) in [6, 6.07) is 8.19. The van der Waals surface area contributed by atoms with Crippen LogP contribution in [0.15, 0.2) is 24.3 Å². The summed E-state index contributed by atoms with van der Waals surface area (Å²) in [6.45, 7) is 10.4. The molecule has 0 aliphatic rings. The van der Waals surface area contributed by atoms with Crippen molar-refractivity contribution < 1.29 is 4.21 Å². The normalized spacial score (nSPS) is 18.1. The summed E-state index contributed by atoms with van der Waals surface area (Å²) in [7, 11) is -0.902. The van der Waals surface area contributed by atoms with E-state index in [2.05, 4.69) is 45.0 Å². The molecule has 0 fully saturated rings. The molecule has 0 amide bonds. The van der Waals surface area contributed by atoms with Gasteiger partial charge in [0.2, 0.25) is 0 Å². The highest BCUT2D eigenvalue weighted by molar-refractivity contribution is 7.86. The van der Waals surface area contributed by atoms with E-state index in [-0.39, 0.29) is 16.5 Å². The van der Waals surface area contributed by atoms with Gasteiger partial charge in [0.05, 0.1) is 5.25 Å². The lowest BCUT2D eigenvalue weighted by atomic mass is 10.0. The Kier molecular flexibility index (Phi) is 6.21. The monoisotopic (exact) mass is 281 g/mol. The SMILES string of the molecule is CCc1ccc(C(N)C(C)S(=O)C(C)C(C)C)cc1. The van der Waals surface area contributed by atoms with E-state index in [0.717, 1.165) is 12.0 Å². The molecule has 1 aromatic carbocycles. The molecule has 0 aromatic heterocycles. The third-order valence-corrected chi connectivity index (χ3v) is 6.25. The van der Waals surface area contributed by atoms with Gasteiger partial charge in [-0.3, -0.25) is 4.21 Å². The van der Waals surface area contributed by atoms with E-state index in [1.165, 1.54) is 5.56 Å². The smallest absolute Gasteiger partial charge is 0.0515 e. The first-order valence-corrected chi connectivity index (χ1v) is 8.39. The fourth-order valence-electron chi connectivity index (χ4n) is 2.00. The average Bonchev–Trinajstić information content (AvgIpc) is 2.44. The minimum atomic E-state index is -0.902. The van der Waals surface area contributed by atoms with Crippen LogP contribution in [0, 0.1) is 5.92 Å². The first kappa shape index (κ1) is 16.4. The second kappa shape index (κ2) is 7.20. The van der Waals surface area contributed by atoms with Crippen molar-refractivity contribution in [1.29, 1.82) is 0 Å². The molecule has 108 valence electrons. The second-order valence-corrected chi connectivity index (χ2v) is 7.75. The summed E-state index contributed by atoms with van der Waals surface area (Å²) in [4.78, 5) is 0. The molecule has 3 heteroatoms. The van der Waals surface area contributed by atoms with E-state index in [4.69, 9.17) is 5.73 Å². The van der Waals surface area contributed by atoms with Crippen molar-refractivity contribution in [2.45, 2.75) is 57.6 Å². The Balaban J connectivity index is 2.80. The largest absolute Gasteiger partial charge is 0.323 e. The molecular formula is C16H27NOS. The van der Waals surface area contributed by atoms with E-state index in [9.17, 15) is 4.21 Å². The van der Waals surface area contributed by atoms with E-state index in [1.54, 1.807) is 0 Å². The van der Waals surface area contributed by atoms with Gasteiger partial charge < -0.3 is 5.73 Å². The number of hydrogen-bond donors (Lipinski definition) is 1. The van der Waals surface area contributed by atoms with Gasteiger partial charge in [0, 0.05) is 22.1 Å². The molecule has 0 aliphatic carbocycles. The molecule has 1 rings (SSSR count). The number of rotatable bonds is 6. The van der Waals surface area contributed by atoms with Gasteiger partial charge in [-0.15, -0.1) is 0 Å². The Morgan fingerprint density at radius 1 is 1.05 bits per heavy atom. The van der Waals surface area contributed by atoms with Crippen molar-refractivity contribution in [3.05, 3.63) is 35.4 Å². The van der Waals surface area contributed by atoms with E-state index in [1.807, 2.05) is 13.8 Å². The molecule has 2 N–H and O–H groups in total. The van der Waals surface area contributed by atoms with Crippen LogP contribution in [0.25, 0.3) is 0 Å². The summed E-state index contributed by atoms with van der Waals surface area (Å²) in [5.74, 6) is 0.415. The lowest BCUT2D eigenvalue weighted by molar-refractivity contribution is 0.584. The minimum absolute atomic E-state index is 0.0233. The van der Waals surface area contributed by atoms with Crippen LogP contribution in [-0.4, -0.2) is 14.7 Å². The first-order chi connectivity index (χ1) is 8.88. The van der Waals surface area contributed by atoms with E-state index in [0.29, 0.717) is 5.92 Å². The molecule has 0 bridgehead atoms. The van der Waals surface area contributed by atoms with Gasteiger partial charge in [0.1, 0.15) is 0 Å². The van der Waals surface area contributed by atoms with Gasteiger partial charge in [-0.25, -0.2) is 0 Å². The summed E-state index contributed by atoms with van der Waals surface area (Å²) in [6.07, 6.45) is 1.03. The maximum Gasteiger partial charge on any atom is 0.0515 e. The number of nitrogens with two attached hydrogens (primary N) is 1. The Hall–Kier alpha value is -0.670. The van der Waals surface area contributed by atoms with Crippen molar-refractivity contribution >= 4 is 10.8 Å². The van der Waals surface area contributed by atoms with Crippen LogP contribution in [0.2, 0.25) is 0 Å². The molecule has 2 nitrogen and oxygen atoms in total. The molecule has 4 atom stereocenters. The molecule has 0 heterocycles. The van der Waals surface area contributed by atoms with E-state index < -0.39 is 10.8 Å². The molecule has 0 saturated carbocycles. The van der Waals surface area contributed by atoms with Gasteiger partial charge in [-0.05, 0) is 30.4 Å². The maximum absolute atomic E-state index is 12.5. The van der Waals surface area contributed by atoms with Crippen molar-refractivity contribution in [3.63, 3.8) is 0 Å². The molecular weight excluding hydrogens is 254 g/mol. The highest BCUT2D eigenvalue weighted by Gasteiger charge is 2.26. The highest BCUT2D eigenvalue weighted by atomic mass is 32.2. The summed E-state index contributed by atoms with van der Waals surface area (Å²) >= 11 is 0. The first-order valence-electron chi connectivity index (χ1n) is 7.12. The Labute approximate surface area is 120 Å². The third kappa shape index (κ3) is 4.15. The van der Waals surface area contributed by atoms with Crippen molar-refractivity contribution in [3.8, 4) is 0 Å². The number of aryl methyl sites for hydroxylation is 1. The Bertz CT molecular complexity index is 413. The highest BCUT2D eigenvalue weighted by Crippen LogP contribution is 2.23. The van der Waals surface area contributed by atoms with Gasteiger partial charge in [-0.1, -0.05) is 52.0 Å². The minimum Gasteiger partial charge on any atom is -0.323 e. The molecule has 0 aliphatic heterocycles. The van der Waals surface area contributed by atoms with Crippen LogP contribution in [0.1, 0.15) is 51.8 Å². The van der Waals surface area contributed by atoms with Crippen LogP contribution in [-0.2, 0) is 17.2 Å². The zero-order chi connectivity index (χ0) is 14.6. The third-order valence-electron chi connectivity index (χ3n) is 3.95. The molecule has 19 heavy (non-hydrogen) atoms. The summed E-state index contributed by atoms with van der Waals surface area (Å²) in [5.41, 5.74) is 8.66. The van der Waals surface area contributed by atoms with Crippen LogP contribution < -0.4 is 5.73 Å². The van der Waals surface area contributed by atoms with Crippen LogP contribution in [0.4, 0.5) is 0 Å². The standard InChI is InChI=1S/C16H27NOS/c1-6-14-7-9-15(10-8-14)16(17)13(5)19(18)12(4)11(2)3/h7-13,16H,6,17H2,1-5H3. The van der Waals surface area contributed by atoms with Gasteiger partial charge >= 0.3 is 0 Å². The second-order valence-electron chi connectivity index (χ2n) is 5.60. The fraction of sp³-hybridized carbons (Fsp3) is 0.625. The predicted octanol–water partition coefficient (Wildman–Crippen LogP) is 3.43. The van der Waals surface area contributed by atoms with Gasteiger partial charge in [-0.2, -0.15) is 0 Å². The average molecular weight is 281 g/mol. The zero-order valence-corrected chi connectivity index (χ0v) is 13.5. The van der Waals surface area contributed by atoms with Crippen molar-refractivity contribution in [2.75, 3.05) is 0 Å². The topological polar surface area (TPSA) is 43.1 Å². The van der Waals surface area contributed by atoms with Crippen molar-refractivity contribution in [2.24, 2.45) is 11.7 Å². The molecule has 1 aromatic rings. The zero-order valence-electron chi connectivity index (χ0n) is 12.7. The van der Waals surface area contributed by atoms with Crippen molar-refractivity contribution in [1.82, 2.24) is 0 Å². The molecule has 0 spiro atoms. The summed E-state index contributed by atoms with van der Waals surface area (Å²) in [5, 5.41) is 0.154. The molecule has 4 unspecified atom stereocenters. The predicted molar refractivity (Wildman–Crippen MR) is 84.7 cm³/mol. The Morgan fingerprint density at radius 2 is 1.58 bits per heavy atom. The van der Waals surface area contributed by atoms with Crippen LogP contribution in [0.5, 0.6) is 0 Å². The molecule has 0 saturated heterocycles. The maximum atomic E-state index is 12.5. The van der Waals surface area contributed by atoms with E-state index >= 15 is 0 Å². The quantitative estimate of drug-likeness (QED) is 0.868.